The second-order valence-corrected chi connectivity index (χ2v) is 6.07. The van der Waals surface area contributed by atoms with Crippen molar-refractivity contribution in [3.63, 3.8) is 0 Å². The Labute approximate surface area is 141 Å². The first-order valence-electron chi connectivity index (χ1n) is 7.36. The van der Waals surface area contributed by atoms with Gasteiger partial charge < -0.3 is 4.98 Å². The lowest BCUT2D eigenvalue weighted by molar-refractivity contribution is 0.629. The van der Waals surface area contributed by atoms with E-state index in [4.69, 9.17) is 0 Å². The molecule has 6 heteroatoms. The number of nitrogens with one attached hydrogen (secondary N) is 2. The largest absolute Gasteiger partial charge is 0.361 e. The summed E-state index contributed by atoms with van der Waals surface area (Å²) in [5, 5.41) is 7.65. The van der Waals surface area contributed by atoms with Gasteiger partial charge in [0.15, 0.2) is 0 Å². The van der Waals surface area contributed by atoms with E-state index in [-0.39, 0.29) is 5.82 Å². The van der Waals surface area contributed by atoms with E-state index in [1.807, 2.05) is 41.8 Å². The molecule has 0 radical (unpaired) electrons. The second-order valence-electron chi connectivity index (χ2n) is 5.21. The number of anilines is 1. The van der Waals surface area contributed by atoms with Gasteiger partial charge in [-0.15, -0.1) is 11.3 Å². The third-order valence-electron chi connectivity index (χ3n) is 3.59. The van der Waals surface area contributed by atoms with Gasteiger partial charge in [0.1, 0.15) is 5.82 Å². The number of hydrogen-bond acceptors (Lipinski definition) is 4. The summed E-state index contributed by atoms with van der Waals surface area (Å²) in [6.45, 7) is 0. The maximum Gasteiger partial charge on any atom is 0.203 e. The molecule has 4 nitrogen and oxygen atoms in total. The fourth-order valence-electron chi connectivity index (χ4n) is 2.49. The summed E-state index contributed by atoms with van der Waals surface area (Å²) in [6, 6.07) is 14.7. The molecule has 0 saturated carbocycles. The molecule has 0 unspecified atom stereocenters. The van der Waals surface area contributed by atoms with E-state index in [0.717, 1.165) is 22.2 Å². The Hall–Kier alpha value is -2.99. The van der Waals surface area contributed by atoms with Crippen molar-refractivity contribution in [3.05, 3.63) is 71.5 Å². The summed E-state index contributed by atoms with van der Waals surface area (Å²) in [5.41, 5.74) is 6.39. The molecular formula is C18H13FN4S. The lowest BCUT2D eigenvalue weighted by Crippen LogP contribution is -1.92. The number of H-pyrrole nitrogens is 1. The van der Waals surface area contributed by atoms with Crippen LogP contribution in [-0.4, -0.2) is 16.2 Å². The molecule has 0 spiro atoms. The van der Waals surface area contributed by atoms with Gasteiger partial charge in [-0.25, -0.2) is 9.37 Å². The fraction of sp³-hybridized carbons (Fsp3) is 0. The Bertz CT molecular complexity index is 1000. The van der Waals surface area contributed by atoms with E-state index < -0.39 is 0 Å². The van der Waals surface area contributed by atoms with Crippen molar-refractivity contribution in [1.82, 2.24) is 9.97 Å². The molecule has 0 aliphatic rings. The number of aromatic amines is 1. The van der Waals surface area contributed by atoms with Crippen molar-refractivity contribution in [1.29, 1.82) is 0 Å². The summed E-state index contributed by atoms with van der Waals surface area (Å²) in [6.07, 6.45) is 3.37. The molecule has 2 aromatic carbocycles. The number of nitrogens with zero attached hydrogens (tertiary/aromatic N) is 2. The summed E-state index contributed by atoms with van der Waals surface area (Å²) in [4.78, 5) is 7.58. The van der Waals surface area contributed by atoms with Crippen LogP contribution in [0.25, 0.3) is 22.2 Å². The molecule has 2 heterocycles. The molecule has 2 aromatic heterocycles. The van der Waals surface area contributed by atoms with Crippen LogP contribution in [0, 0.1) is 5.82 Å². The van der Waals surface area contributed by atoms with Crippen LogP contribution in [0.15, 0.2) is 65.2 Å². The molecule has 24 heavy (non-hydrogen) atoms. The Balaban J connectivity index is 1.53. The summed E-state index contributed by atoms with van der Waals surface area (Å²) < 4.78 is 13.6. The van der Waals surface area contributed by atoms with Crippen molar-refractivity contribution in [3.8, 4) is 11.3 Å². The Morgan fingerprint density at radius 2 is 2.04 bits per heavy atom. The SMILES string of the molecule is Fc1cc(C=NNc2nc(-c3ccccc3)cs2)c2[nH]ccc2c1. The first kappa shape index (κ1) is 14.6. The highest BCUT2D eigenvalue weighted by Crippen LogP contribution is 2.24. The van der Waals surface area contributed by atoms with E-state index >= 15 is 0 Å². The van der Waals surface area contributed by atoms with Crippen LogP contribution in [0.4, 0.5) is 9.52 Å². The molecule has 0 atom stereocenters. The van der Waals surface area contributed by atoms with Gasteiger partial charge in [-0.05, 0) is 18.2 Å². The molecular weight excluding hydrogens is 323 g/mol. The predicted molar refractivity (Wildman–Crippen MR) is 97.0 cm³/mol. The number of thiazole rings is 1. The number of rotatable bonds is 4. The normalized spacial score (nSPS) is 11.4. The van der Waals surface area contributed by atoms with Crippen molar-refractivity contribution in [2.75, 3.05) is 5.43 Å². The van der Waals surface area contributed by atoms with E-state index in [1.54, 1.807) is 12.4 Å². The molecule has 2 N–H and O–H groups in total. The number of hydrogen-bond donors (Lipinski definition) is 2. The van der Waals surface area contributed by atoms with Crippen LogP contribution < -0.4 is 5.43 Å². The zero-order valence-corrected chi connectivity index (χ0v) is 13.3. The van der Waals surface area contributed by atoms with Crippen LogP contribution in [0.1, 0.15) is 5.56 Å². The topological polar surface area (TPSA) is 53.1 Å². The molecule has 0 saturated heterocycles. The highest BCUT2D eigenvalue weighted by molar-refractivity contribution is 7.14. The van der Waals surface area contributed by atoms with Gasteiger partial charge in [0, 0.05) is 28.1 Å². The molecule has 0 aliphatic carbocycles. The number of fused-ring (bicyclic) bond motifs is 1. The van der Waals surface area contributed by atoms with Gasteiger partial charge in [-0.3, -0.25) is 5.43 Å². The molecule has 0 aliphatic heterocycles. The maximum absolute atomic E-state index is 13.6. The number of aromatic nitrogens is 2. The van der Waals surface area contributed by atoms with E-state index in [1.165, 1.54) is 23.5 Å². The molecule has 0 fully saturated rings. The van der Waals surface area contributed by atoms with Gasteiger partial charge in [0.05, 0.1) is 17.4 Å². The number of hydrazone groups is 1. The van der Waals surface area contributed by atoms with Crippen molar-refractivity contribution < 1.29 is 4.39 Å². The molecule has 4 aromatic rings. The van der Waals surface area contributed by atoms with Gasteiger partial charge >= 0.3 is 0 Å². The van der Waals surface area contributed by atoms with Gasteiger partial charge in [0.2, 0.25) is 5.13 Å². The van der Waals surface area contributed by atoms with Crippen molar-refractivity contribution >= 4 is 33.6 Å². The minimum absolute atomic E-state index is 0.288. The van der Waals surface area contributed by atoms with Crippen molar-refractivity contribution in [2.24, 2.45) is 5.10 Å². The third-order valence-corrected chi connectivity index (χ3v) is 4.34. The average molecular weight is 336 g/mol. The molecule has 4 rings (SSSR count). The maximum atomic E-state index is 13.6. The van der Waals surface area contributed by atoms with E-state index in [0.29, 0.717) is 10.7 Å². The Morgan fingerprint density at radius 3 is 2.92 bits per heavy atom. The Kier molecular flexibility index (Phi) is 3.80. The van der Waals surface area contributed by atoms with Crippen molar-refractivity contribution in [2.45, 2.75) is 0 Å². The highest BCUT2D eigenvalue weighted by Gasteiger charge is 2.05. The molecule has 0 amide bonds. The van der Waals surface area contributed by atoms with E-state index in [9.17, 15) is 4.39 Å². The molecule has 118 valence electrons. The molecule has 0 bridgehead atoms. The van der Waals surface area contributed by atoms with E-state index in [2.05, 4.69) is 20.5 Å². The monoisotopic (exact) mass is 336 g/mol. The van der Waals surface area contributed by atoms with Crippen LogP contribution in [-0.2, 0) is 0 Å². The number of benzene rings is 2. The zero-order valence-electron chi connectivity index (χ0n) is 12.5. The predicted octanol–water partition coefficient (Wildman–Crippen LogP) is 4.88. The van der Waals surface area contributed by atoms with Crippen LogP contribution >= 0.6 is 11.3 Å². The summed E-state index contributed by atoms with van der Waals surface area (Å²) in [5.74, 6) is -0.288. The highest BCUT2D eigenvalue weighted by atomic mass is 32.1. The summed E-state index contributed by atoms with van der Waals surface area (Å²) in [7, 11) is 0. The third kappa shape index (κ3) is 2.91. The summed E-state index contributed by atoms with van der Waals surface area (Å²) >= 11 is 1.47. The first-order chi connectivity index (χ1) is 11.8. The quantitative estimate of drug-likeness (QED) is 0.412. The van der Waals surface area contributed by atoms with Crippen LogP contribution in [0.5, 0.6) is 0 Å². The zero-order chi connectivity index (χ0) is 16.4. The Morgan fingerprint density at radius 1 is 1.17 bits per heavy atom. The smallest absolute Gasteiger partial charge is 0.203 e. The fourth-order valence-corrected chi connectivity index (χ4v) is 3.16. The lowest BCUT2D eigenvalue weighted by Gasteiger charge is -1.98. The minimum atomic E-state index is -0.288. The van der Waals surface area contributed by atoms with Gasteiger partial charge in [0.25, 0.3) is 0 Å². The van der Waals surface area contributed by atoms with Crippen LogP contribution in [0.3, 0.4) is 0 Å². The second kappa shape index (κ2) is 6.25. The van der Waals surface area contributed by atoms with Gasteiger partial charge in [-0.2, -0.15) is 5.10 Å². The lowest BCUT2D eigenvalue weighted by atomic mass is 10.1. The van der Waals surface area contributed by atoms with Gasteiger partial charge in [-0.1, -0.05) is 30.3 Å². The average Bonchev–Trinajstić information content (AvgIpc) is 3.25. The first-order valence-corrected chi connectivity index (χ1v) is 8.24. The van der Waals surface area contributed by atoms with Crippen LogP contribution in [0.2, 0.25) is 0 Å². The number of halogens is 1. The minimum Gasteiger partial charge on any atom is -0.361 e. The standard InChI is InChI=1S/C18H13FN4S/c19-15-8-13-6-7-20-17(13)14(9-15)10-21-23-18-22-16(11-24-18)12-4-2-1-3-5-12/h1-11,20H,(H,22,23).